The molecule has 0 aliphatic heterocycles. The first-order valence-corrected chi connectivity index (χ1v) is 15.8. The minimum atomic E-state index is -0.420. The molecule has 0 unspecified atom stereocenters. The minimum absolute atomic E-state index is 0.0901. The number of benzene rings is 6. The van der Waals surface area contributed by atoms with Crippen molar-refractivity contribution in [3.8, 4) is 28.8 Å². The molecule has 0 aliphatic rings. The van der Waals surface area contributed by atoms with Gasteiger partial charge in [-0.15, -0.1) is 0 Å². The standard InChI is InChI=1S/C43H31N5/c1-43(2,3)29-19-20-33-36(25-29)45-42(46-37(33)26-44)48-39-16-10-8-14-32(39)35-24-28(18-22-41(35)48)27-17-21-40-34(23-27)31-13-7-9-15-38(31)47(40)30-11-5-4-6-12-30/h4-25H,1-3H3/i4D,5D,6D,11D,12D. The Morgan fingerprint density at radius 1 is 0.604 bits per heavy atom. The number of hydrogen-bond acceptors (Lipinski definition) is 3. The summed E-state index contributed by atoms with van der Waals surface area (Å²) in [7, 11) is 0. The summed E-state index contributed by atoms with van der Waals surface area (Å²) in [6.07, 6.45) is 0. The van der Waals surface area contributed by atoms with Gasteiger partial charge in [-0.2, -0.15) is 5.26 Å². The zero-order valence-corrected chi connectivity index (χ0v) is 26.6. The first-order valence-electron chi connectivity index (χ1n) is 18.3. The Labute approximate surface area is 285 Å². The number of hydrogen-bond donors (Lipinski definition) is 0. The highest BCUT2D eigenvalue weighted by atomic mass is 15.2. The molecule has 0 amide bonds. The smallest absolute Gasteiger partial charge is 0.236 e. The molecule has 9 aromatic rings. The maximum Gasteiger partial charge on any atom is 0.236 e. The molecular formula is C43H31N5. The lowest BCUT2D eigenvalue weighted by atomic mass is 9.86. The largest absolute Gasteiger partial charge is 0.309 e. The van der Waals surface area contributed by atoms with Gasteiger partial charge in [-0.3, -0.25) is 4.57 Å². The van der Waals surface area contributed by atoms with Crippen LogP contribution in [0.2, 0.25) is 0 Å². The maximum absolute atomic E-state index is 10.2. The number of rotatable bonds is 3. The minimum Gasteiger partial charge on any atom is -0.309 e. The van der Waals surface area contributed by atoms with Crippen molar-refractivity contribution in [1.29, 1.82) is 5.26 Å². The van der Waals surface area contributed by atoms with E-state index in [9.17, 15) is 5.26 Å². The molecule has 228 valence electrons. The molecule has 0 N–H and O–H groups in total. The average Bonchev–Trinajstić information content (AvgIpc) is 3.67. The molecule has 0 fully saturated rings. The molecule has 5 heteroatoms. The molecule has 3 heterocycles. The number of aromatic nitrogens is 4. The van der Waals surface area contributed by atoms with Gasteiger partial charge < -0.3 is 4.57 Å². The summed E-state index contributed by atoms with van der Waals surface area (Å²) >= 11 is 0. The molecular weight excluding hydrogens is 587 g/mol. The van der Waals surface area contributed by atoms with Gasteiger partial charge in [0, 0.05) is 32.6 Å². The van der Waals surface area contributed by atoms with E-state index >= 15 is 0 Å². The topological polar surface area (TPSA) is 59.4 Å². The molecule has 6 aromatic carbocycles. The second-order valence-electron chi connectivity index (χ2n) is 13.1. The molecule has 9 rings (SSSR count). The van der Waals surface area contributed by atoms with Gasteiger partial charge in [0.25, 0.3) is 0 Å². The fourth-order valence-corrected chi connectivity index (χ4v) is 6.89. The van der Waals surface area contributed by atoms with Crippen molar-refractivity contribution in [3.63, 3.8) is 0 Å². The van der Waals surface area contributed by atoms with Crippen molar-refractivity contribution in [1.82, 2.24) is 19.1 Å². The molecule has 0 aliphatic carbocycles. The summed E-state index contributed by atoms with van der Waals surface area (Å²) in [4.78, 5) is 9.82. The Kier molecular flexibility index (Phi) is 5.00. The Hall–Kier alpha value is -6.25. The van der Waals surface area contributed by atoms with Crippen LogP contribution in [0.1, 0.15) is 38.9 Å². The Balaban J connectivity index is 1.25. The van der Waals surface area contributed by atoms with Crippen LogP contribution in [-0.4, -0.2) is 19.1 Å². The summed E-state index contributed by atoms with van der Waals surface area (Å²) in [6.45, 7) is 6.47. The average molecular weight is 623 g/mol. The summed E-state index contributed by atoms with van der Waals surface area (Å²) in [5.74, 6) is 0.431. The quantitative estimate of drug-likeness (QED) is 0.197. The van der Waals surface area contributed by atoms with Crippen LogP contribution < -0.4 is 0 Å². The van der Waals surface area contributed by atoms with Crippen molar-refractivity contribution in [2.24, 2.45) is 0 Å². The number of nitriles is 1. The van der Waals surface area contributed by atoms with E-state index in [0.29, 0.717) is 11.6 Å². The second kappa shape index (κ2) is 10.4. The monoisotopic (exact) mass is 622 g/mol. The van der Waals surface area contributed by atoms with E-state index in [2.05, 4.69) is 63.2 Å². The van der Waals surface area contributed by atoms with Gasteiger partial charge in [-0.05, 0) is 82.7 Å². The normalized spacial score (nSPS) is 13.5. The van der Waals surface area contributed by atoms with Crippen molar-refractivity contribution in [2.45, 2.75) is 26.2 Å². The third-order valence-electron chi connectivity index (χ3n) is 9.25. The van der Waals surface area contributed by atoms with Crippen LogP contribution in [0.5, 0.6) is 0 Å². The lowest BCUT2D eigenvalue weighted by Crippen LogP contribution is -2.11. The van der Waals surface area contributed by atoms with E-state index in [4.69, 9.17) is 16.8 Å². The van der Waals surface area contributed by atoms with Gasteiger partial charge in [0.1, 0.15) is 6.07 Å². The number of nitrogens with zero attached hydrogens (tertiary/aromatic N) is 5. The summed E-state index contributed by atoms with van der Waals surface area (Å²) < 4.78 is 46.0. The molecule has 48 heavy (non-hydrogen) atoms. The fraction of sp³-hybridized carbons (Fsp3) is 0.0930. The predicted octanol–water partition coefficient (Wildman–Crippen LogP) is 10.7. The molecule has 5 nitrogen and oxygen atoms in total. The Morgan fingerprint density at radius 2 is 1.19 bits per heavy atom. The van der Waals surface area contributed by atoms with Crippen LogP contribution >= 0.6 is 0 Å². The van der Waals surface area contributed by atoms with Gasteiger partial charge in [0.15, 0.2) is 5.69 Å². The van der Waals surface area contributed by atoms with Crippen LogP contribution in [0.25, 0.3) is 77.3 Å². The molecule has 3 aromatic heterocycles. The van der Waals surface area contributed by atoms with Crippen molar-refractivity contribution >= 4 is 54.5 Å². The van der Waals surface area contributed by atoms with Gasteiger partial charge in [-0.25, -0.2) is 9.97 Å². The Morgan fingerprint density at radius 3 is 1.81 bits per heavy atom. The van der Waals surface area contributed by atoms with Crippen molar-refractivity contribution in [2.75, 3.05) is 0 Å². The molecule has 0 spiro atoms. The number of para-hydroxylation sites is 3. The van der Waals surface area contributed by atoms with E-state index in [-0.39, 0.29) is 35.3 Å². The van der Waals surface area contributed by atoms with Gasteiger partial charge in [0.2, 0.25) is 5.95 Å². The fourth-order valence-electron chi connectivity index (χ4n) is 6.89. The van der Waals surface area contributed by atoms with Crippen molar-refractivity contribution in [3.05, 3.63) is 145 Å². The predicted molar refractivity (Wildman–Crippen MR) is 197 cm³/mol. The SMILES string of the molecule is [2H]c1c([2H])c([2H])c(-n2c3ccccc3c3cc(-c4ccc5c(c4)c4ccccc4n5-c4nc(C#N)c5ccc(C(C)(C)C)cc5n4)ccc32)c([2H])c1[2H]. The van der Waals surface area contributed by atoms with E-state index in [0.717, 1.165) is 71.2 Å². The third-order valence-corrected chi connectivity index (χ3v) is 9.25. The van der Waals surface area contributed by atoms with E-state index < -0.39 is 6.04 Å². The van der Waals surface area contributed by atoms with Crippen LogP contribution in [-0.2, 0) is 5.41 Å². The lowest BCUT2D eigenvalue weighted by Gasteiger charge is -2.19. The van der Waals surface area contributed by atoms with E-state index in [1.54, 1.807) is 4.57 Å². The molecule has 0 radical (unpaired) electrons. The zero-order valence-electron chi connectivity index (χ0n) is 31.6. The maximum atomic E-state index is 10.2. The number of fused-ring (bicyclic) bond motifs is 7. The van der Waals surface area contributed by atoms with E-state index in [1.165, 1.54) is 0 Å². The highest BCUT2D eigenvalue weighted by molar-refractivity contribution is 6.12. The van der Waals surface area contributed by atoms with Gasteiger partial charge in [0.05, 0.1) is 34.4 Å². The third kappa shape index (κ3) is 4.23. The van der Waals surface area contributed by atoms with Crippen LogP contribution in [0.3, 0.4) is 0 Å². The summed E-state index contributed by atoms with van der Waals surface area (Å²) in [6, 6.07) is 34.9. The molecule has 0 saturated carbocycles. The van der Waals surface area contributed by atoms with E-state index in [1.807, 2.05) is 71.3 Å². The van der Waals surface area contributed by atoms with Crippen molar-refractivity contribution < 1.29 is 6.85 Å². The summed E-state index contributed by atoms with van der Waals surface area (Å²) in [5.41, 5.74) is 7.46. The highest BCUT2D eigenvalue weighted by Crippen LogP contribution is 2.38. The van der Waals surface area contributed by atoms with Gasteiger partial charge in [-0.1, -0.05) is 93.5 Å². The molecule has 0 atom stereocenters. The van der Waals surface area contributed by atoms with Crippen LogP contribution in [0, 0.1) is 11.3 Å². The summed E-state index contributed by atoms with van der Waals surface area (Å²) in [5, 5.41) is 14.7. The van der Waals surface area contributed by atoms with Gasteiger partial charge >= 0.3 is 0 Å². The molecule has 0 saturated heterocycles. The molecule has 0 bridgehead atoms. The lowest BCUT2D eigenvalue weighted by molar-refractivity contribution is 0.591. The highest BCUT2D eigenvalue weighted by Gasteiger charge is 2.20. The second-order valence-corrected chi connectivity index (χ2v) is 13.1. The van der Waals surface area contributed by atoms with Crippen LogP contribution in [0.15, 0.2) is 133 Å². The first kappa shape index (κ1) is 23.1. The van der Waals surface area contributed by atoms with Crippen LogP contribution in [0.4, 0.5) is 0 Å². The zero-order chi connectivity index (χ0) is 36.9. The Bertz CT molecular complexity index is 3040. The first-order chi connectivity index (χ1) is 25.5.